The summed E-state index contributed by atoms with van der Waals surface area (Å²) in [5, 5.41) is 25.5. The number of ether oxygens (including phenoxy) is 1. The average Bonchev–Trinajstić information content (AvgIpc) is 3.80. The SMILES string of the molecule is CN(C)C(=O)C(C)(C)CNC(=O)C(C)(O)c1ccc2c(c1)C(=O)N(Cc1ccc(Cl)cc1)[C@@]2(OCC1(CO)CC1)c1ccc(Cl)cc1. The Balaban J connectivity index is 1.58. The molecular weight excluding hydrogens is 641 g/mol. The molecule has 1 aliphatic carbocycles. The van der Waals surface area contributed by atoms with Gasteiger partial charge in [-0.2, -0.15) is 0 Å². The van der Waals surface area contributed by atoms with Crippen LogP contribution in [0.4, 0.5) is 0 Å². The molecule has 250 valence electrons. The summed E-state index contributed by atoms with van der Waals surface area (Å²) in [4.78, 5) is 43.6. The van der Waals surface area contributed by atoms with Crippen molar-refractivity contribution in [2.24, 2.45) is 10.8 Å². The number of nitrogens with one attached hydrogen (secondary N) is 1. The maximum absolute atomic E-state index is 14.5. The quantitative estimate of drug-likeness (QED) is 0.245. The zero-order chi connectivity index (χ0) is 34.4. The van der Waals surface area contributed by atoms with Crippen LogP contribution in [0.25, 0.3) is 0 Å². The van der Waals surface area contributed by atoms with Gasteiger partial charge in [0.2, 0.25) is 5.91 Å². The zero-order valence-corrected chi connectivity index (χ0v) is 28.8. The molecule has 9 nitrogen and oxygen atoms in total. The van der Waals surface area contributed by atoms with Gasteiger partial charge in [-0.15, -0.1) is 0 Å². The third-order valence-corrected chi connectivity index (χ3v) is 9.79. The molecule has 3 aromatic carbocycles. The van der Waals surface area contributed by atoms with Crippen LogP contribution >= 0.6 is 23.2 Å². The molecule has 1 saturated carbocycles. The average molecular weight is 683 g/mol. The summed E-state index contributed by atoms with van der Waals surface area (Å²) in [6.07, 6.45) is 1.60. The molecule has 0 radical (unpaired) electrons. The second-order valence-electron chi connectivity index (χ2n) is 13.7. The number of aliphatic hydroxyl groups excluding tert-OH is 1. The van der Waals surface area contributed by atoms with Gasteiger partial charge in [0, 0.05) is 59.3 Å². The van der Waals surface area contributed by atoms with E-state index in [2.05, 4.69) is 5.32 Å². The first-order valence-corrected chi connectivity index (χ1v) is 16.3. The molecule has 47 heavy (non-hydrogen) atoms. The van der Waals surface area contributed by atoms with E-state index in [0.717, 1.165) is 18.4 Å². The van der Waals surface area contributed by atoms with Gasteiger partial charge in [0.25, 0.3) is 11.8 Å². The van der Waals surface area contributed by atoms with Crippen LogP contribution in [-0.2, 0) is 32.2 Å². The van der Waals surface area contributed by atoms with E-state index in [1.165, 1.54) is 17.9 Å². The molecule has 1 heterocycles. The van der Waals surface area contributed by atoms with Crippen LogP contribution in [0.5, 0.6) is 0 Å². The van der Waals surface area contributed by atoms with Crippen LogP contribution < -0.4 is 5.32 Å². The van der Waals surface area contributed by atoms with Gasteiger partial charge in [0.1, 0.15) is 0 Å². The summed E-state index contributed by atoms with van der Waals surface area (Å²) in [6.45, 7) is 5.09. The van der Waals surface area contributed by atoms with Crippen molar-refractivity contribution in [2.75, 3.05) is 33.9 Å². The third-order valence-electron chi connectivity index (χ3n) is 9.29. The predicted octanol–water partition coefficient (Wildman–Crippen LogP) is 5.08. The lowest BCUT2D eigenvalue weighted by atomic mass is 9.87. The normalized spacial score (nSPS) is 19.6. The Morgan fingerprint density at radius 3 is 2.13 bits per heavy atom. The Hall–Kier alpha value is -3.47. The van der Waals surface area contributed by atoms with Crippen molar-refractivity contribution < 1.29 is 29.3 Å². The Labute approximate surface area is 285 Å². The van der Waals surface area contributed by atoms with Crippen LogP contribution in [0.1, 0.15) is 66.2 Å². The fourth-order valence-corrected chi connectivity index (χ4v) is 6.25. The Morgan fingerprint density at radius 1 is 0.979 bits per heavy atom. The fraction of sp³-hybridized carbons (Fsp3) is 0.417. The first-order valence-electron chi connectivity index (χ1n) is 15.5. The van der Waals surface area contributed by atoms with E-state index in [-0.39, 0.29) is 49.2 Å². The Bertz CT molecular complexity index is 1670. The first-order chi connectivity index (χ1) is 22.1. The molecule has 3 amide bonds. The number of fused-ring (bicyclic) bond motifs is 1. The number of hydrogen-bond donors (Lipinski definition) is 3. The number of halogens is 2. The number of nitrogens with zero attached hydrogens (tertiary/aromatic N) is 2. The first kappa shape index (κ1) is 34.9. The van der Waals surface area contributed by atoms with Gasteiger partial charge in [-0.05, 0) is 75.1 Å². The van der Waals surface area contributed by atoms with E-state index >= 15 is 0 Å². The van der Waals surface area contributed by atoms with E-state index in [4.69, 9.17) is 27.9 Å². The lowest BCUT2D eigenvalue weighted by Crippen LogP contribution is -2.49. The topological polar surface area (TPSA) is 119 Å². The summed E-state index contributed by atoms with van der Waals surface area (Å²) < 4.78 is 6.83. The van der Waals surface area contributed by atoms with Crippen LogP contribution in [0.2, 0.25) is 10.0 Å². The number of amides is 3. The van der Waals surface area contributed by atoms with Crippen LogP contribution in [0.15, 0.2) is 66.7 Å². The Morgan fingerprint density at radius 2 is 1.57 bits per heavy atom. The maximum Gasteiger partial charge on any atom is 0.257 e. The highest BCUT2D eigenvalue weighted by Gasteiger charge is 2.55. The van der Waals surface area contributed by atoms with Crippen molar-refractivity contribution in [2.45, 2.75) is 51.5 Å². The van der Waals surface area contributed by atoms with Gasteiger partial charge >= 0.3 is 0 Å². The number of carbonyl (C=O) groups excluding carboxylic acids is 3. The molecule has 0 bridgehead atoms. The van der Waals surface area contributed by atoms with E-state index in [1.807, 2.05) is 24.3 Å². The highest BCUT2D eigenvalue weighted by Crippen LogP contribution is 2.51. The number of aliphatic hydroxyl groups is 2. The molecule has 0 aromatic heterocycles. The highest BCUT2D eigenvalue weighted by atomic mass is 35.5. The molecule has 5 rings (SSSR count). The summed E-state index contributed by atoms with van der Waals surface area (Å²) >= 11 is 12.5. The summed E-state index contributed by atoms with van der Waals surface area (Å²) in [7, 11) is 3.28. The standard InChI is InChI=1S/C36H41Cl2N3O6/c1-33(2,32(45)40(4)5)20-39-31(44)34(3,46)25-10-15-29-28(18-25)30(43)41(19-23-6-11-26(37)12-7-23)36(29,24-8-13-27(38)14-9-24)47-22-35(21-42)16-17-35/h6-15,18,42,46H,16-17,19-22H2,1-5H3,(H,39,44)/t34?,36-/m1/s1. The van der Waals surface area contributed by atoms with Crippen molar-refractivity contribution in [3.05, 3.63) is 105 Å². The predicted molar refractivity (Wildman–Crippen MR) is 180 cm³/mol. The second kappa shape index (κ2) is 12.9. The van der Waals surface area contributed by atoms with Crippen molar-refractivity contribution in [3.8, 4) is 0 Å². The molecule has 3 N–H and O–H groups in total. The van der Waals surface area contributed by atoms with E-state index < -0.39 is 28.1 Å². The fourth-order valence-electron chi connectivity index (χ4n) is 6.00. The lowest BCUT2D eigenvalue weighted by molar-refractivity contribution is -0.142. The van der Waals surface area contributed by atoms with Gasteiger partial charge in [-0.1, -0.05) is 59.6 Å². The van der Waals surface area contributed by atoms with Gasteiger partial charge in [0.05, 0.1) is 18.6 Å². The van der Waals surface area contributed by atoms with E-state index in [9.17, 15) is 24.6 Å². The van der Waals surface area contributed by atoms with Crippen molar-refractivity contribution in [1.82, 2.24) is 15.1 Å². The Kier molecular flexibility index (Phi) is 9.54. The maximum atomic E-state index is 14.5. The minimum atomic E-state index is -2.03. The van der Waals surface area contributed by atoms with Crippen molar-refractivity contribution in [3.63, 3.8) is 0 Å². The third kappa shape index (κ3) is 6.65. The monoisotopic (exact) mass is 681 g/mol. The molecule has 0 spiro atoms. The van der Waals surface area contributed by atoms with Crippen LogP contribution in [-0.4, -0.2) is 71.6 Å². The molecule has 1 unspecified atom stereocenters. The van der Waals surface area contributed by atoms with E-state index in [0.29, 0.717) is 21.2 Å². The number of benzene rings is 3. The summed E-state index contributed by atoms with van der Waals surface area (Å²) in [5.41, 5.74) is -2.30. The minimum absolute atomic E-state index is 0.00212. The zero-order valence-electron chi connectivity index (χ0n) is 27.3. The summed E-state index contributed by atoms with van der Waals surface area (Å²) in [6, 6.07) is 19.1. The minimum Gasteiger partial charge on any atom is -0.396 e. The molecule has 3 aromatic rings. The number of carbonyl (C=O) groups is 3. The largest absolute Gasteiger partial charge is 0.396 e. The molecule has 0 saturated heterocycles. The highest BCUT2D eigenvalue weighted by molar-refractivity contribution is 6.30. The van der Waals surface area contributed by atoms with Gasteiger partial charge in [-0.25, -0.2) is 0 Å². The van der Waals surface area contributed by atoms with Gasteiger partial charge < -0.3 is 25.2 Å². The number of rotatable bonds is 12. The molecule has 1 aliphatic heterocycles. The lowest BCUT2D eigenvalue weighted by Gasteiger charge is -2.40. The van der Waals surface area contributed by atoms with Crippen molar-refractivity contribution in [1.29, 1.82) is 0 Å². The van der Waals surface area contributed by atoms with Crippen LogP contribution in [0.3, 0.4) is 0 Å². The molecule has 2 aliphatic rings. The van der Waals surface area contributed by atoms with E-state index in [1.54, 1.807) is 69.2 Å². The summed E-state index contributed by atoms with van der Waals surface area (Å²) in [5.74, 6) is -1.25. The molecular formula is C36H41Cl2N3O6. The molecule has 2 atom stereocenters. The molecule has 1 fully saturated rings. The second-order valence-corrected chi connectivity index (χ2v) is 14.6. The van der Waals surface area contributed by atoms with Gasteiger partial charge in [0.15, 0.2) is 11.3 Å². The van der Waals surface area contributed by atoms with Gasteiger partial charge in [-0.3, -0.25) is 19.3 Å². The van der Waals surface area contributed by atoms with Crippen LogP contribution in [0, 0.1) is 10.8 Å². The molecule has 11 heteroatoms. The smallest absolute Gasteiger partial charge is 0.257 e. The van der Waals surface area contributed by atoms with Crippen molar-refractivity contribution >= 4 is 40.9 Å². The number of hydrogen-bond acceptors (Lipinski definition) is 6.